The largest absolute Gasteiger partial charge is 0.356 e. The van der Waals surface area contributed by atoms with Gasteiger partial charge in [-0.3, -0.25) is 19.2 Å². The van der Waals surface area contributed by atoms with E-state index in [9.17, 15) is 23.3 Å². The zero-order chi connectivity index (χ0) is 22.3. The summed E-state index contributed by atoms with van der Waals surface area (Å²) in [6, 6.07) is 11.6. The lowest BCUT2D eigenvalue weighted by molar-refractivity contribution is -0.385. The van der Waals surface area contributed by atoms with Crippen LogP contribution in [0.4, 0.5) is 11.4 Å². The number of sulfonamides is 1. The van der Waals surface area contributed by atoms with Crippen molar-refractivity contribution in [1.82, 2.24) is 5.32 Å². The summed E-state index contributed by atoms with van der Waals surface area (Å²) < 4.78 is 25.6. The number of nitro groups is 1. The summed E-state index contributed by atoms with van der Waals surface area (Å²) in [5, 5.41) is 14.6. The Morgan fingerprint density at radius 3 is 2.47 bits per heavy atom. The lowest BCUT2D eigenvalue weighted by Gasteiger charge is -2.24. The van der Waals surface area contributed by atoms with E-state index in [-0.39, 0.29) is 42.2 Å². The average Bonchev–Trinajstić information content (AvgIpc) is 2.66. The van der Waals surface area contributed by atoms with Gasteiger partial charge >= 0.3 is 0 Å². The second-order valence-corrected chi connectivity index (χ2v) is 9.19. The number of nitro benzene ring substituents is 1. The van der Waals surface area contributed by atoms with Crippen LogP contribution in [0.25, 0.3) is 0 Å². The Kier molecular flexibility index (Phi) is 8.19. The van der Waals surface area contributed by atoms with Gasteiger partial charge in [-0.1, -0.05) is 29.8 Å². The number of amides is 1. The second kappa shape index (κ2) is 10.4. The molecular weight excluding hydrogens is 430 g/mol. The van der Waals surface area contributed by atoms with Crippen LogP contribution in [0.2, 0.25) is 5.02 Å². The van der Waals surface area contributed by atoms with Crippen molar-refractivity contribution < 1.29 is 18.1 Å². The van der Waals surface area contributed by atoms with Crippen molar-refractivity contribution in [3.63, 3.8) is 0 Å². The molecule has 30 heavy (non-hydrogen) atoms. The van der Waals surface area contributed by atoms with E-state index in [1.165, 1.54) is 25.1 Å². The smallest absolute Gasteiger partial charge is 0.274 e. The number of rotatable bonds is 10. The van der Waals surface area contributed by atoms with Crippen molar-refractivity contribution in [1.29, 1.82) is 0 Å². The van der Waals surface area contributed by atoms with E-state index < -0.39 is 14.9 Å². The number of carbonyl (C=O) groups excluding carboxylic acids is 1. The van der Waals surface area contributed by atoms with Crippen molar-refractivity contribution in [2.45, 2.75) is 26.2 Å². The molecule has 10 heteroatoms. The van der Waals surface area contributed by atoms with E-state index in [2.05, 4.69) is 5.32 Å². The van der Waals surface area contributed by atoms with Gasteiger partial charge in [-0.25, -0.2) is 8.42 Å². The Labute approximate surface area is 181 Å². The fourth-order valence-corrected chi connectivity index (χ4v) is 4.16. The molecule has 0 aliphatic carbocycles. The molecule has 1 amide bonds. The van der Waals surface area contributed by atoms with E-state index in [4.69, 9.17) is 11.6 Å². The summed E-state index contributed by atoms with van der Waals surface area (Å²) in [5.41, 5.74) is 1.40. The highest BCUT2D eigenvalue weighted by molar-refractivity contribution is 7.92. The monoisotopic (exact) mass is 453 g/mol. The Morgan fingerprint density at radius 1 is 1.20 bits per heavy atom. The molecule has 1 N–H and O–H groups in total. The van der Waals surface area contributed by atoms with Gasteiger partial charge in [-0.2, -0.15) is 0 Å². The highest BCUT2D eigenvalue weighted by atomic mass is 35.5. The van der Waals surface area contributed by atoms with Gasteiger partial charge in [0, 0.05) is 30.6 Å². The SMILES string of the molecule is Cc1c(N(CCCC(=O)NCCc2ccc(Cl)cc2)S(C)(=O)=O)cccc1[N+](=O)[O-]. The van der Waals surface area contributed by atoms with Crippen LogP contribution < -0.4 is 9.62 Å². The van der Waals surface area contributed by atoms with Crippen LogP contribution >= 0.6 is 11.6 Å². The summed E-state index contributed by atoms with van der Waals surface area (Å²) in [5.74, 6) is -0.187. The van der Waals surface area contributed by atoms with E-state index in [0.29, 0.717) is 18.0 Å². The molecule has 0 bridgehead atoms. The van der Waals surface area contributed by atoms with E-state index in [0.717, 1.165) is 16.1 Å². The molecular formula is C20H24ClN3O5S. The van der Waals surface area contributed by atoms with Crippen LogP contribution in [0.15, 0.2) is 42.5 Å². The summed E-state index contributed by atoms with van der Waals surface area (Å²) in [6.07, 6.45) is 2.12. The minimum absolute atomic E-state index is 0.0471. The number of anilines is 1. The lowest BCUT2D eigenvalue weighted by Crippen LogP contribution is -2.33. The molecule has 0 aromatic heterocycles. The molecule has 0 atom stereocenters. The van der Waals surface area contributed by atoms with E-state index in [1.54, 1.807) is 12.1 Å². The van der Waals surface area contributed by atoms with Crippen molar-refractivity contribution >= 4 is 38.9 Å². The topological polar surface area (TPSA) is 110 Å². The van der Waals surface area contributed by atoms with Crippen molar-refractivity contribution in [2.24, 2.45) is 0 Å². The molecule has 2 aromatic carbocycles. The van der Waals surface area contributed by atoms with Crippen molar-refractivity contribution in [3.05, 3.63) is 68.7 Å². The Hall–Kier alpha value is -2.65. The number of halogens is 1. The normalized spacial score (nSPS) is 11.2. The molecule has 0 aliphatic heterocycles. The van der Waals surface area contributed by atoms with Crippen LogP contribution in [-0.2, 0) is 21.2 Å². The van der Waals surface area contributed by atoms with Crippen LogP contribution in [0, 0.1) is 17.0 Å². The average molecular weight is 454 g/mol. The maximum atomic E-state index is 12.2. The first-order valence-corrected chi connectivity index (χ1v) is 11.5. The Balaban J connectivity index is 1.93. The van der Waals surface area contributed by atoms with Gasteiger partial charge in [0.1, 0.15) is 0 Å². The first-order valence-electron chi connectivity index (χ1n) is 9.32. The molecule has 0 aliphatic rings. The molecule has 0 fully saturated rings. The molecule has 0 radical (unpaired) electrons. The highest BCUT2D eigenvalue weighted by Gasteiger charge is 2.23. The first kappa shape index (κ1) is 23.6. The predicted octanol–water partition coefficient (Wildman–Crippen LogP) is 3.46. The van der Waals surface area contributed by atoms with Crippen LogP contribution in [0.1, 0.15) is 24.0 Å². The number of nitrogens with one attached hydrogen (secondary N) is 1. The number of carbonyl (C=O) groups is 1. The number of hydrogen-bond acceptors (Lipinski definition) is 5. The fraction of sp³-hybridized carbons (Fsp3) is 0.350. The zero-order valence-corrected chi connectivity index (χ0v) is 18.4. The highest BCUT2D eigenvalue weighted by Crippen LogP contribution is 2.29. The molecule has 8 nitrogen and oxygen atoms in total. The maximum Gasteiger partial charge on any atom is 0.274 e. The molecule has 0 saturated carbocycles. The predicted molar refractivity (Wildman–Crippen MR) is 117 cm³/mol. The lowest BCUT2D eigenvalue weighted by atomic mass is 10.1. The zero-order valence-electron chi connectivity index (χ0n) is 16.8. The molecule has 0 heterocycles. The summed E-state index contributed by atoms with van der Waals surface area (Å²) in [7, 11) is -3.67. The molecule has 2 aromatic rings. The van der Waals surface area contributed by atoms with E-state index in [1.807, 2.05) is 12.1 Å². The van der Waals surface area contributed by atoms with Gasteiger partial charge in [-0.05, 0) is 43.5 Å². The number of hydrogen-bond donors (Lipinski definition) is 1. The molecule has 0 spiro atoms. The van der Waals surface area contributed by atoms with E-state index >= 15 is 0 Å². The number of nitrogens with zero attached hydrogens (tertiary/aromatic N) is 2. The maximum absolute atomic E-state index is 12.2. The van der Waals surface area contributed by atoms with Gasteiger partial charge < -0.3 is 5.32 Å². The first-order chi connectivity index (χ1) is 14.1. The molecule has 162 valence electrons. The quantitative estimate of drug-likeness (QED) is 0.437. The van der Waals surface area contributed by atoms with Crippen LogP contribution in [0.5, 0.6) is 0 Å². The standard InChI is InChI=1S/C20H24ClN3O5S/c1-15-18(5-3-6-19(15)24(26)27)23(30(2,28)29)14-4-7-20(25)22-13-12-16-8-10-17(21)11-9-16/h3,5-6,8-11H,4,7,12-14H2,1-2H3,(H,22,25). The van der Waals surface area contributed by atoms with Gasteiger partial charge in [0.05, 0.1) is 22.4 Å². The minimum Gasteiger partial charge on any atom is -0.356 e. The minimum atomic E-state index is -3.67. The third-order valence-corrected chi connectivity index (χ3v) is 5.99. The Bertz CT molecular complexity index is 1010. The molecule has 2 rings (SSSR count). The van der Waals surface area contributed by atoms with Gasteiger partial charge in [0.15, 0.2) is 0 Å². The number of benzene rings is 2. The van der Waals surface area contributed by atoms with Crippen LogP contribution in [-0.4, -0.2) is 38.6 Å². The molecule has 0 saturated heterocycles. The second-order valence-electron chi connectivity index (χ2n) is 6.84. The summed E-state index contributed by atoms with van der Waals surface area (Å²) >= 11 is 5.84. The van der Waals surface area contributed by atoms with Gasteiger partial charge in [0.2, 0.25) is 15.9 Å². The van der Waals surface area contributed by atoms with Crippen molar-refractivity contribution in [3.8, 4) is 0 Å². The Morgan fingerprint density at radius 2 is 1.87 bits per heavy atom. The summed E-state index contributed by atoms with van der Waals surface area (Å²) in [4.78, 5) is 22.7. The van der Waals surface area contributed by atoms with Gasteiger partial charge in [0.25, 0.3) is 5.69 Å². The van der Waals surface area contributed by atoms with Gasteiger partial charge in [-0.15, -0.1) is 0 Å². The third kappa shape index (κ3) is 6.70. The fourth-order valence-electron chi connectivity index (χ4n) is 3.01. The molecule has 0 unspecified atom stereocenters. The third-order valence-electron chi connectivity index (χ3n) is 4.56. The summed E-state index contributed by atoms with van der Waals surface area (Å²) in [6.45, 7) is 2.01. The van der Waals surface area contributed by atoms with Crippen molar-refractivity contribution in [2.75, 3.05) is 23.7 Å². The van der Waals surface area contributed by atoms with Crippen LogP contribution in [0.3, 0.4) is 0 Å².